The Kier molecular flexibility index (Phi) is 9.17. The van der Waals surface area contributed by atoms with Crippen LogP contribution in [0.3, 0.4) is 0 Å². The molecule has 10 nitrogen and oxygen atoms in total. The van der Waals surface area contributed by atoms with E-state index in [4.69, 9.17) is 0 Å². The standard InChI is InChI=1S/C23H33N5O5/c29-20(4-3-16-5-9-24-10-6-16)28-13-1-2-18(15-28)21(30)26-14-19(23(32)33)27-22(31)17-7-11-25-12-8-17/h7-8,11-12,16,18-19,24H,1-6,9-10,13-15H2,(H,26,30)(H,27,31)(H,32,33)/t18-,19-/m1/s1. The van der Waals surface area contributed by atoms with Crippen molar-refractivity contribution >= 4 is 23.7 Å². The Balaban J connectivity index is 1.45. The highest BCUT2D eigenvalue weighted by Crippen LogP contribution is 2.21. The van der Waals surface area contributed by atoms with E-state index in [-0.39, 0.29) is 29.8 Å². The molecule has 2 fully saturated rings. The van der Waals surface area contributed by atoms with Crippen molar-refractivity contribution in [2.45, 2.75) is 44.6 Å². The number of aromatic nitrogens is 1. The van der Waals surface area contributed by atoms with E-state index in [9.17, 15) is 24.3 Å². The van der Waals surface area contributed by atoms with E-state index < -0.39 is 17.9 Å². The number of piperidine rings is 2. The Morgan fingerprint density at radius 3 is 2.58 bits per heavy atom. The Morgan fingerprint density at radius 1 is 1.15 bits per heavy atom. The van der Waals surface area contributed by atoms with Gasteiger partial charge in [0.25, 0.3) is 5.91 Å². The van der Waals surface area contributed by atoms with Crippen molar-refractivity contribution < 1.29 is 24.3 Å². The highest BCUT2D eigenvalue weighted by molar-refractivity contribution is 5.96. The number of nitrogens with one attached hydrogen (secondary N) is 3. The molecule has 0 aliphatic carbocycles. The van der Waals surface area contributed by atoms with Crippen molar-refractivity contribution in [3.63, 3.8) is 0 Å². The molecule has 0 radical (unpaired) electrons. The van der Waals surface area contributed by atoms with Crippen LogP contribution in [0.5, 0.6) is 0 Å². The molecule has 180 valence electrons. The van der Waals surface area contributed by atoms with Gasteiger partial charge in [0.05, 0.1) is 5.92 Å². The van der Waals surface area contributed by atoms with Crippen LogP contribution in [-0.2, 0) is 14.4 Å². The number of rotatable bonds is 9. The van der Waals surface area contributed by atoms with Crippen LogP contribution < -0.4 is 16.0 Å². The SMILES string of the molecule is O=C(N[C@H](CNC(=O)[C@@H]1CCCN(C(=O)CCC2CCNCC2)C1)C(=O)O)c1ccncc1. The number of carbonyl (C=O) groups is 4. The molecule has 33 heavy (non-hydrogen) atoms. The summed E-state index contributed by atoms with van der Waals surface area (Å²) in [5, 5.41) is 17.8. The van der Waals surface area contributed by atoms with E-state index in [1.165, 1.54) is 24.5 Å². The monoisotopic (exact) mass is 459 g/mol. The first kappa shape index (κ1) is 24.6. The minimum atomic E-state index is -1.26. The number of carbonyl (C=O) groups excluding carboxylic acids is 3. The molecule has 0 saturated carbocycles. The van der Waals surface area contributed by atoms with Gasteiger partial charge in [0.2, 0.25) is 11.8 Å². The largest absolute Gasteiger partial charge is 0.480 e. The molecule has 2 aliphatic rings. The van der Waals surface area contributed by atoms with Crippen LogP contribution in [0.2, 0.25) is 0 Å². The van der Waals surface area contributed by atoms with Gasteiger partial charge in [-0.2, -0.15) is 0 Å². The van der Waals surface area contributed by atoms with Gasteiger partial charge in [-0.15, -0.1) is 0 Å². The molecule has 2 aliphatic heterocycles. The third-order valence-electron chi connectivity index (χ3n) is 6.40. The van der Waals surface area contributed by atoms with Crippen molar-refractivity contribution in [1.29, 1.82) is 0 Å². The average Bonchev–Trinajstić information content (AvgIpc) is 2.85. The fraction of sp³-hybridized carbons (Fsp3) is 0.609. The number of likely N-dealkylation sites (tertiary alicyclic amines) is 1. The molecule has 3 heterocycles. The molecule has 4 N–H and O–H groups in total. The summed E-state index contributed by atoms with van der Waals surface area (Å²) in [7, 11) is 0. The van der Waals surface area contributed by atoms with Crippen LogP contribution in [-0.4, -0.2) is 77.4 Å². The van der Waals surface area contributed by atoms with Crippen molar-refractivity contribution in [1.82, 2.24) is 25.8 Å². The van der Waals surface area contributed by atoms with Crippen molar-refractivity contribution in [2.24, 2.45) is 11.8 Å². The van der Waals surface area contributed by atoms with Crippen molar-refractivity contribution in [3.05, 3.63) is 30.1 Å². The van der Waals surface area contributed by atoms with E-state index in [0.717, 1.165) is 38.8 Å². The summed E-state index contributed by atoms with van der Waals surface area (Å²) in [6.07, 6.45) is 7.83. The molecule has 10 heteroatoms. The quantitative estimate of drug-likeness (QED) is 0.419. The predicted molar refractivity (Wildman–Crippen MR) is 120 cm³/mol. The number of carboxylic acid groups (broad SMARTS) is 1. The zero-order valence-corrected chi connectivity index (χ0v) is 18.8. The minimum absolute atomic E-state index is 0.0825. The average molecular weight is 460 g/mol. The first-order chi connectivity index (χ1) is 15.9. The zero-order chi connectivity index (χ0) is 23.6. The lowest BCUT2D eigenvalue weighted by molar-refractivity contribution is -0.139. The van der Waals surface area contributed by atoms with Crippen LogP contribution in [0.15, 0.2) is 24.5 Å². The summed E-state index contributed by atoms with van der Waals surface area (Å²) in [4.78, 5) is 54.7. The summed E-state index contributed by atoms with van der Waals surface area (Å²) < 4.78 is 0. The summed E-state index contributed by atoms with van der Waals surface area (Å²) in [6, 6.07) is 1.69. The number of carboxylic acids is 1. The first-order valence-corrected chi connectivity index (χ1v) is 11.6. The summed E-state index contributed by atoms with van der Waals surface area (Å²) in [6.45, 7) is 2.77. The minimum Gasteiger partial charge on any atom is -0.480 e. The van der Waals surface area contributed by atoms with Gasteiger partial charge in [-0.25, -0.2) is 4.79 Å². The summed E-state index contributed by atoms with van der Waals surface area (Å²) in [5.74, 6) is -1.81. The third-order valence-corrected chi connectivity index (χ3v) is 6.40. The normalized spacial score (nSPS) is 20.0. The van der Waals surface area contributed by atoms with Gasteiger partial charge in [0.1, 0.15) is 6.04 Å². The lowest BCUT2D eigenvalue weighted by Crippen LogP contribution is -2.51. The number of amides is 3. The molecule has 2 saturated heterocycles. The van der Waals surface area contributed by atoms with Crippen LogP contribution >= 0.6 is 0 Å². The molecule has 1 aromatic heterocycles. The maximum Gasteiger partial charge on any atom is 0.328 e. The van der Waals surface area contributed by atoms with Crippen LogP contribution in [0.25, 0.3) is 0 Å². The number of hydrogen-bond donors (Lipinski definition) is 4. The third kappa shape index (κ3) is 7.52. The summed E-state index contributed by atoms with van der Waals surface area (Å²) in [5.41, 5.74) is 0.286. The first-order valence-electron chi connectivity index (χ1n) is 11.6. The maximum absolute atomic E-state index is 12.7. The molecule has 0 bridgehead atoms. The van der Waals surface area contributed by atoms with Gasteiger partial charge in [-0.1, -0.05) is 0 Å². The molecule has 3 rings (SSSR count). The zero-order valence-electron chi connectivity index (χ0n) is 18.8. The number of pyridine rings is 1. The smallest absolute Gasteiger partial charge is 0.328 e. The van der Waals surface area contributed by atoms with E-state index in [0.29, 0.717) is 31.8 Å². The van der Waals surface area contributed by atoms with Gasteiger partial charge >= 0.3 is 5.97 Å². The molecule has 1 aromatic rings. The second kappa shape index (κ2) is 12.3. The lowest BCUT2D eigenvalue weighted by atomic mass is 9.92. The van der Waals surface area contributed by atoms with Crippen LogP contribution in [0, 0.1) is 11.8 Å². The van der Waals surface area contributed by atoms with Crippen molar-refractivity contribution in [2.75, 3.05) is 32.7 Å². The molecule has 0 unspecified atom stereocenters. The van der Waals surface area contributed by atoms with Gasteiger partial charge in [0, 0.05) is 44.0 Å². The maximum atomic E-state index is 12.7. The van der Waals surface area contributed by atoms with Crippen LogP contribution in [0.1, 0.15) is 48.9 Å². The Morgan fingerprint density at radius 2 is 1.88 bits per heavy atom. The molecule has 0 aromatic carbocycles. The molecule has 2 atom stereocenters. The fourth-order valence-corrected chi connectivity index (χ4v) is 4.37. The second-order valence-corrected chi connectivity index (χ2v) is 8.76. The van der Waals surface area contributed by atoms with Gasteiger partial charge < -0.3 is 26.0 Å². The van der Waals surface area contributed by atoms with E-state index in [1.807, 2.05) is 0 Å². The lowest BCUT2D eigenvalue weighted by Gasteiger charge is -2.33. The van der Waals surface area contributed by atoms with Gasteiger partial charge in [-0.05, 0) is 63.2 Å². The molecule has 0 spiro atoms. The van der Waals surface area contributed by atoms with E-state index in [2.05, 4.69) is 20.9 Å². The van der Waals surface area contributed by atoms with Crippen molar-refractivity contribution in [3.8, 4) is 0 Å². The fourth-order valence-electron chi connectivity index (χ4n) is 4.37. The summed E-state index contributed by atoms with van der Waals surface area (Å²) >= 11 is 0. The van der Waals surface area contributed by atoms with Crippen LogP contribution in [0.4, 0.5) is 0 Å². The predicted octanol–water partition coefficient (Wildman–Crippen LogP) is 0.399. The highest BCUT2D eigenvalue weighted by atomic mass is 16.4. The Labute approximate surface area is 193 Å². The number of nitrogens with zero attached hydrogens (tertiary/aromatic N) is 2. The van der Waals surface area contributed by atoms with Gasteiger partial charge in [0.15, 0.2) is 0 Å². The Hall–Kier alpha value is -3.01. The topological polar surface area (TPSA) is 141 Å². The van der Waals surface area contributed by atoms with E-state index >= 15 is 0 Å². The highest BCUT2D eigenvalue weighted by Gasteiger charge is 2.30. The van der Waals surface area contributed by atoms with E-state index in [1.54, 1.807) is 4.90 Å². The Bertz CT molecular complexity index is 828. The van der Waals surface area contributed by atoms with Gasteiger partial charge in [-0.3, -0.25) is 19.4 Å². The molecular weight excluding hydrogens is 426 g/mol. The second-order valence-electron chi connectivity index (χ2n) is 8.76. The number of aliphatic carboxylic acids is 1. The molecule has 3 amide bonds. The number of hydrogen-bond acceptors (Lipinski definition) is 6. The molecular formula is C23H33N5O5.